The second kappa shape index (κ2) is 4.24. The molecule has 0 bridgehead atoms. The van der Waals surface area contributed by atoms with Crippen molar-refractivity contribution in [1.29, 1.82) is 0 Å². The van der Waals surface area contributed by atoms with Gasteiger partial charge in [-0.15, -0.1) is 4.52 Å². The van der Waals surface area contributed by atoms with Crippen LogP contribution in [0.1, 0.15) is 5.56 Å². The molecule has 6 heteroatoms. The Kier molecular flexibility index (Phi) is 2.38. The van der Waals surface area contributed by atoms with Gasteiger partial charge in [0.05, 0.1) is 16.2 Å². The number of benzene rings is 2. The van der Waals surface area contributed by atoms with Gasteiger partial charge in [0.25, 0.3) is 0 Å². The van der Waals surface area contributed by atoms with Crippen molar-refractivity contribution in [3.63, 3.8) is 0 Å². The highest BCUT2D eigenvalue weighted by Crippen LogP contribution is 2.14. The largest absolute Gasteiger partial charge is 0.419 e. The Balaban J connectivity index is 2.27. The second-order valence-electron chi connectivity index (χ2n) is 4.88. The minimum Gasteiger partial charge on any atom is -0.254 e. The SMILES string of the molecule is Cc1ccccc1-n1c(=O)c2ccccc2[n+]2[nH]nnc12. The molecule has 0 spiro atoms. The summed E-state index contributed by atoms with van der Waals surface area (Å²) in [6.45, 7) is 1.97. The van der Waals surface area contributed by atoms with E-state index in [2.05, 4.69) is 15.5 Å². The molecule has 0 amide bonds. The molecule has 0 aliphatic heterocycles. The van der Waals surface area contributed by atoms with E-state index in [0.717, 1.165) is 16.8 Å². The first-order valence-corrected chi connectivity index (χ1v) is 6.60. The van der Waals surface area contributed by atoms with Crippen LogP contribution in [-0.4, -0.2) is 20.1 Å². The Labute approximate surface area is 119 Å². The molecule has 6 nitrogen and oxygen atoms in total. The fraction of sp³-hybridized carbons (Fsp3) is 0.0667. The van der Waals surface area contributed by atoms with Crippen LogP contribution in [0.3, 0.4) is 0 Å². The van der Waals surface area contributed by atoms with Crippen LogP contribution in [0.25, 0.3) is 22.4 Å². The van der Waals surface area contributed by atoms with Gasteiger partial charge in [-0.2, -0.15) is 4.57 Å². The molecule has 0 aliphatic carbocycles. The molecular formula is C15H12N5O+. The van der Waals surface area contributed by atoms with Crippen molar-refractivity contribution in [2.75, 3.05) is 0 Å². The lowest BCUT2D eigenvalue weighted by Gasteiger charge is -2.06. The summed E-state index contributed by atoms with van der Waals surface area (Å²) in [7, 11) is 0. The van der Waals surface area contributed by atoms with Gasteiger partial charge in [-0.05, 0) is 30.7 Å². The van der Waals surface area contributed by atoms with Crippen molar-refractivity contribution in [3.8, 4) is 5.69 Å². The van der Waals surface area contributed by atoms with Crippen molar-refractivity contribution >= 4 is 16.7 Å². The fourth-order valence-electron chi connectivity index (χ4n) is 2.60. The van der Waals surface area contributed by atoms with E-state index in [0.29, 0.717) is 11.2 Å². The van der Waals surface area contributed by atoms with E-state index in [-0.39, 0.29) is 5.56 Å². The minimum atomic E-state index is -0.103. The number of aryl methyl sites for hydroxylation is 1. The molecule has 0 saturated carbocycles. The molecule has 0 unspecified atom stereocenters. The number of tetrazole rings is 1. The summed E-state index contributed by atoms with van der Waals surface area (Å²) >= 11 is 0. The second-order valence-corrected chi connectivity index (χ2v) is 4.88. The van der Waals surface area contributed by atoms with E-state index in [1.807, 2.05) is 49.4 Å². The lowest BCUT2D eigenvalue weighted by atomic mass is 10.2. The molecule has 4 aromatic rings. The molecule has 2 heterocycles. The number of rotatable bonds is 1. The van der Waals surface area contributed by atoms with Gasteiger partial charge in [-0.1, -0.05) is 35.5 Å². The molecule has 2 aromatic heterocycles. The zero-order chi connectivity index (χ0) is 14.4. The number of nitrogens with one attached hydrogen (secondary N) is 1. The first-order chi connectivity index (χ1) is 10.3. The molecule has 0 aliphatic rings. The van der Waals surface area contributed by atoms with Crippen molar-refractivity contribution in [2.24, 2.45) is 0 Å². The van der Waals surface area contributed by atoms with Crippen LogP contribution in [0.15, 0.2) is 53.3 Å². The molecule has 21 heavy (non-hydrogen) atoms. The number of fused-ring (bicyclic) bond motifs is 3. The maximum Gasteiger partial charge on any atom is 0.419 e. The molecule has 4 rings (SSSR count). The smallest absolute Gasteiger partial charge is 0.254 e. The average molecular weight is 278 g/mol. The van der Waals surface area contributed by atoms with E-state index in [1.54, 1.807) is 15.1 Å². The maximum absolute atomic E-state index is 12.9. The highest BCUT2D eigenvalue weighted by molar-refractivity contribution is 5.75. The quantitative estimate of drug-likeness (QED) is 0.531. The van der Waals surface area contributed by atoms with E-state index in [9.17, 15) is 4.79 Å². The summed E-state index contributed by atoms with van der Waals surface area (Å²) in [5.74, 6) is 0.466. The topological polar surface area (TPSA) is 67.7 Å². The number of hydrogen-bond donors (Lipinski definition) is 1. The molecular weight excluding hydrogens is 266 g/mol. The number of nitrogens with zero attached hydrogens (tertiary/aromatic N) is 4. The fourth-order valence-corrected chi connectivity index (χ4v) is 2.60. The minimum absolute atomic E-state index is 0.103. The van der Waals surface area contributed by atoms with Gasteiger partial charge in [0.15, 0.2) is 0 Å². The van der Waals surface area contributed by atoms with Crippen LogP contribution >= 0.6 is 0 Å². The van der Waals surface area contributed by atoms with Gasteiger partial charge in [0.1, 0.15) is 10.7 Å². The van der Waals surface area contributed by atoms with Crippen molar-refractivity contribution < 1.29 is 4.52 Å². The predicted molar refractivity (Wildman–Crippen MR) is 77.4 cm³/mol. The van der Waals surface area contributed by atoms with Crippen LogP contribution in [0, 0.1) is 6.92 Å². The molecule has 1 N–H and O–H groups in total. The summed E-state index contributed by atoms with van der Waals surface area (Å²) in [5.41, 5.74) is 2.46. The van der Waals surface area contributed by atoms with Crippen LogP contribution in [0.2, 0.25) is 0 Å². The first kappa shape index (κ1) is 11.8. The Hall–Kier alpha value is -3.02. The summed E-state index contributed by atoms with van der Waals surface area (Å²) < 4.78 is 3.30. The monoisotopic (exact) mass is 278 g/mol. The summed E-state index contributed by atoms with van der Waals surface area (Å²) in [6.07, 6.45) is 0. The molecule has 0 atom stereocenters. The normalized spacial score (nSPS) is 11.3. The Bertz CT molecular complexity index is 1030. The summed E-state index contributed by atoms with van der Waals surface area (Å²) in [5, 5.41) is 11.3. The number of aromatic nitrogens is 5. The molecule has 102 valence electrons. The van der Waals surface area contributed by atoms with Crippen LogP contribution in [-0.2, 0) is 0 Å². The zero-order valence-corrected chi connectivity index (χ0v) is 11.3. The van der Waals surface area contributed by atoms with E-state index < -0.39 is 0 Å². The molecule has 0 fully saturated rings. The summed E-state index contributed by atoms with van der Waals surface area (Å²) in [6, 6.07) is 15.1. The molecule has 0 radical (unpaired) electrons. The Morgan fingerprint density at radius 3 is 2.71 bits per heavy atom. The third-order valence-electron chi connectivity index (χ3n) is 3.62. The Morgan fingerprint density at radius 2 is 1.86 bits per heavy atom. The van der Waals surface area contributed by atoms with Gasteiger partial charge in [0, 0.05) is 0 Å². The first-order valence-electron chi connectivity index (χ1n) is 6.60. The molecule has 2 aromatic carbocycles. The van der Waals surface area contributed by atoms with Gasteiger partial charge >= 0.3 is 11.3 Å². The number of H-pyrrole nitrogens is 1. The third kappa shape index (κ3) is 1.59. The van der Waals surface area contributed by atoms with Gasteiger partial charge in [0.2, 0.25) is 0 Å². The van der Waals surface area contributed by atoms with E-state index in [1.165, 1.54) is 0 Å². The number of para-hydroxylation sites is 2. The van der Waals surface area contributed by atoms with Crippen molar-refractivity contribution in [3.05, 3.63) is 64.4 Å². The predicted octanol–water partition coefficient (Wildman–Crippen LogP) is 1.16. The van der Waals surface area contributed by atoms with E-state index >= 15 is 0 Å². The average Bonchev–Trinajstić information content (AvgIpc) is 2.99. The van der Waals surface area contributed by atoms with Gasteiger partial charge in [-0.25, -0.2) is 0 Å². The van der Waals surface area contributed by atoms with Crippen LogP contribution in [0.4, 0.5) is 0 Å². The van der Waals surface area contributed by atoms with Gasteiger partial charge in [-0.3, -0.25) is 4.79 Å². The lowest BCUT2D eigenvalue weighted by molar-refractivity contribution is -0.557. The summed E-state index contributed by atoms with van der Waals surface area (Å²) in [4.78, 5) is 12.9. The number of aromatic amines is 1. The maximum atomic E-state index is 12.9. The van der Waals surface area contributed by atoms with Crippen LogP contribution in [0.5, 0.6) is 0 Å². The third-order valence-corrected chi connectivity index (χ3v) is 3.62. The lowest BCUT2D eigenvalue weighted by Crippen LogP contribution is -2.35. The van der Waals surface area contributed by atoms with Crippen molar-refractivity contribution in [2.45, 2.75) is 6.92 Å². The highest BCUT2D eigenvalue weighted by Gasteiger charge is 2.21. The highest BCUT2D eigenvalue weighted by atomic mass is 16.1. The van der Waals surface area contributed by atoms with Gasteiger partial charge < -0.3 is 0 Å². The van der Waals surface area contributed by atoms with Crippen molar-refractivity contribution in [1.82, 2.24) is 20.1 Å². The van der Waals surface area contributed by atoms with E-state index in [4.69, 9.17) is 0 Å². The molecule has 0 saturated heterocycles. The standard InChI is InChI=1S/C15H11N5O/c1-10-6-2-4-8-12(10)19-14(21)11-7-3-5-9-13(11)20-15(19)16-17-18-20/h2-9H,1H3/p+1. The van der Waals surface area contributed by atoms with Crippen LogP contribution < -0.4 is 10.1 Å². The Morgan fingerprint density at radius 1 is 1.10 bits per heavy atom. The zero-order valence-electron chi connectivity index (χ0n) is 11.3. The number of hydrogen-bond acceptors (Lipinski definition) is 3.